The van der Waals surface area contributed by atoms with Gasteiger partial charge in [-0.2, -0.15) is 0 Å². The van der Waals surface area contributed by atoms with Gasteiger partial charge in [-0.15, -0.1) is 0 Å². The second-order valence-corrected chi connectivity index (χ2v) is 6.27. The Kier molecular flexibility index (Phi) is 11.5. The minimum atomic E-state index is -1.00. The first-order valence-electron chi connectivity index (χ1n) is 9.05. The van der Waals surface area contributed by atoms with Crippen LogP contribution < -0.4 is 0 Å². The van der Waals surface area contributed by atoms with Crippen LogP contribution in [0, 0.1) is 0 Å². The summed E-state index contributed by atoms with van der Waals surface area (Å²) in [6.45, 7) is 2.52. The molecule has 136 valence electrons. The van der Waals surface area contributed by atoms with Gasteiger partial charge in [-0.1, -0.05) is 44.8 Å². The van der Waals surface area contributed by atoms with Crippen LogP contribution in [-0.4, -0.2) is 59.6 Å². The molecule has 0 aromatic carbocycles. The molecule has 1 rings (SSSR count). The zero-order valence-electron chi connectivity index (χ0n) is 14.4. The van der Waals surface area contributed by atoms with Crippen molar-refractivity contribution in [3.8, 4) is 0 Å². The standard InChI is InChI=1S/C18H34O5/c1-2-3-4-5-6-7-8-9-10-11-12-22-18-16(21)14-23-17(18)15(20)13-19/h5-6,15-21H,2-4,7-14H2,1H3/b6-5+/t15-,16+,17-,18-/m0/s1. The lowest BCUT2D eigenvalue weighted by molar-refractivity contribution is -0.0938. The number of hydrogen-bond acceptors (Lipinski definition) is 5. The van der Waals surface area contributed by atoms with Gasteiger partial charge in [-0.05, 0) is 25.7 Å². The predicted molar refractivity (Wildman–Crippen MR) is 90.3 cm³/mol. The molecule has 0 radical (unpaired) electrons. The summed E-state index contributed by atoms with van der Waals surface area (Å²) in [6, 6.07) is 0. The van der Waals surface area contributed by atoms with Gasteiger partial charge in [0, 0.05) is 6.61 Å². The Labute approximate surface area is 140 Å². The van der Waals surface area contributed by atoms with E-state index >= 15 is 0 Å². The summed E-state index contributed by atoms with van der Waals surface area (Å²) in [5, 5.41) is 28.5. The van der Waals surface area contributed by atoms with E-state index in [2.05, 4.69) is 19.1 Å². The number of rotatable bonds is 13. The second-order valence-electron chi connectivity index (χ2n) is 6.27. The van der Waals surface area contributed by atoms with E-state index in [1.165, 1.54) is 32.1 Å². The topological polar surface area (TPSA) is 79.2 Å². The van der Waals surface area contributed by atoms with E-state index in [0.717, 1.165) is 19.3 Å². The van der Waals surface area contributed by atoms with Gasteiger partial charge in [0.25, 0.3) is 0 Å². The largest absolute Gasteiger partial charge is 0.394 e. The summed E-state index contributed by atoms with van der Waals surface area (Å²) >= 11 is 0. The van der Waals surface area contributed by atoms with Crippen LogP contribution in [0.4, 0.5) is 0 Å². The van der Waals surface area contributed by atoms with Gasteiger partial charge in [0.05, 0.1) is 13.2 Å². The molecule has 0 unspecified atom stereocenters. The fraction of sp³-hybridized carbons (Fsp3) is 0.889. The maximum absolute atomic E-state index is 9.81. The summed E-state index contributed by atoms with van der Waals surface area (Å²) in [7, 11) is 0. The van der Waals surface area contributed by atoms with Crippen molar-refractivity contribution in [2.45, 2.75) is 82.7 Å². The number of unbranched alkanes of at least 4 members (excludes halogenated alkanes) is 6. The van der Waals surface area contributed by atoms with Crippen LogP contribution in [0.1, 0.15) is 58.3 Å². The Bertz CT molecular complexity index is 308. The molecule has 1 aliphatic rings. The first-order valence-corrected chi connectivity index (χ1v) is 9.05. The molecule has 5 nitrogen and oxygen atoms in total. The van der Waals surface area contributed by atoms with Crippen molar-refractivity contribution in [2.24, 2.45) is 0 Å². The molecule has 0 spiro atoms. The minimum Gasteiger partial charge on any atom is -0.394 e. The van der Waals surface area contributed by atoms with Crippen molar-refractivity contribution >= 4 is 0 Å². The molecule has 1 fully saturated rings. The molecule has 0 aliphatic carbocycles. The minimum absolute atomic E-state index is 0.150. The predicted octanol–water partition coefficient (Wildman–Crippen LogP) is 2.18. The lowest BCUT2D eigenvalue weighted by Crippen LogP contribution is -2.42. The number of aliphatic hydroxyl groups is 3. The third kappa shape index (κ3) is 8.27. The van der Waals surface area contributed by atoms with Crippen molar-refractivity contribution in [1.82, 2.24) is 0 Å². The van der Waals surface area contributed by atoms with Crippen LogP contribution in [0.3, 0.4) is 0 Å². The lowest BCUT2D eigenvalue weighted by atomic mass is 10.1. The van der Waals surface area contributed by atoms with Gasteiger partial charge >= 0.3 is 0 Å². The van der Waals surface area contributed by atoms with Crippen LogP contribution in [-0.2, 0) is 9.47 Å². The zero-order valence-corrected chi connectivity index (χ0v) is 14.4. The number of aliphatic hydroxyl groups excluding tert-OH is 3. The fourth-order valence-corrected chi connectivity index (χ4v) is 2.75. The van der Waals surface area contributed by atoms with Crippen molar-refractivity contribution < 1.29 is 24.8 Å². The van der Waals surface area contributed by atoms with Gasteiger partial charge in [-0.25, -0.2) is 0 Å². The van der Waals surface area contributed by atoms with Gasteiger partial charge in [0.1, 0.15) is 24.4 Å². The van der Waals surface area contributed by atoms with E-state index in [1.807, 2.05) is 0 Å². The van der Waals surface area contributed by atoms with Gasteiger partial charge in [0.2, 0.25) is 0 Å². The molecule has 23 heavy (non-hydrogen) atoms. The van der Waals surface area contributed by atoms with Crippen molar-refractivity contribution in [3.05, 3.63) is 12.2 Å². The second kappa shape index (κ2) is 12.9. The third-order valence-electron chi connectivity index (χ3n) is 4.20. The summed E-state index contributed by atoms with van der Waals surface area (Å²) in [5.74, 6) is 0. The molecule has 1 heterocycles. The Balaban J connectivity index is 2.02. The van der Waals surface area contributed by atoms with Crippen LogP contribution in [0.5, 0.6) is 0 Å². The highest BCUT2D eigenvalue weighted by molar-refractivity contribution is 4.89. The van der Waals surface area contributed by atoms with Crippen LogP contribution in [0.15, 0.2) is 12.2 Å². The van der Waals surface area contributed by atoms with Crippen molar-refractivity contribution in [1.29, 1.82) is 0 Å². The van der Waals surface area contributed by atoms with Crippen LogP contribution in [0.25, 0.3) is 0 Å². The molecule has 0 aromatic rings. The first-order chi connectivity index (χ1) is 11.2. The molecule has 0 aromatic heterocycles. The molecule has 3 N–H and O–H groups in total. The Morgan fingerprint density at radius 2 is 1.83 bits per heavy atom. The molecule has 4 atom stereocenters. The average molecular weight is 330 g/mol. The summed E-state index contributed by atoms with van der Waals surface area (Å²) in [4.78, 5) is 0. The quantitative estimate of drug-likeness (QED) is 0.356. The highest BCUT2D eigenvalue weighted by Crippen LogP contribution is 2.21. The Hall–Kier alpha value is -0.460. The van der Waals surface area contributed by atoms with E-state index in [-0.39, 0.29) is 13.2 Å². The Morgan fingerprint density at radius 3 is 2.52 bits per heavy atom. The fourth-order valence-electron chi connectivity index (χ4n) is 2.75. The molecule has 0 bridgehead atoms. The van der Waals surface area contributed by atoms with Crippen molar-refractivity contribution in [2.75, 3.05) is 19.8 Å². The summed E-state index contributed by atoms with van der Waals surface area (Å²) in [6.07, 6.45) is 10.9. The number of ether oxygens (including phenoxy) is 2. The Morgan fingerprint density at radius 1 is 1.13 bits per heavy atom. The lowest BCUT2D eigenvalue weighted by Gasteiger charge is -2.23. The molecular weight excluding hydrogens is 296 g/mol. The van der Waals surface area contributed by atoms with Gasteiger partial charge in [0.15, 0.2) is 0 Å². The number of hydrogen-bond donors (Lipinski definition) is 3. The maximum atomic E-state index is 9.81. The molecular formula is C18H34O5. The van der Waals surface area contributed by atoms with E-state index in [9.17, 15) is 10.2 Å². The highest BCUT2D eigenvalue weighted by Gasteiger charge is 2.40. The monoisotopic (exact) mass is 330 g/mol. The normalized spacial score (nSPS) is 26.2. The van der Waals surface area contributed by atoms with E-state index < -0.39 is 24.4 Å². The molecule has 1 aliphatic heterocycles. The molecule has 5 heteroatoms. The van der Waals surface area contributed by atoms with Crippen LogP contribution >= 0.6 is 0 Å². The summed E-state index contributed by atoms with van der Waals surface area (Å²) in [5.41, 5.74) is 0. The SMILES string of the molecule is CCCC/C=C/CCCCCCO[C@@H]1[C@H]([C@@H](O)CO)OC[C@H]1O. The molecule has 0 amide bonds. The van der Waals surface area contributed by atoms with Gasteiger partial charge in [-0.3, -0.25) is 0 Å². The summed E-state index contributed by atoms with van der Waals surface area (Å²) < 4.78 is 11.0. The third-order valence-corrected chi connectivity index (χ3v) is 4.20. The van der Waals surface area contributed by atoms with Gasteiger partial charge < -0.3 is 24.8 Å². The molecule has 1 saturated heterocycles. The van der Waals surface area contributed by atoms with Crippen molar-refractivity contribution in [3.63, 3.8) is 0 Å². The maximum Gasteiger partial charge on any atom is 0.114 e. The number of allylic oxidation sites excluding steroid dienone is 2. The highest BCUT2D eigenvalue weighted by atomic mass is 16.6. The van der Waals surface area contributed by atoms with Crippen LogP contribution in [0.2, 0.25) is 0 Å². The smallest absolute Gasteiger partial charge is 0.114 e. The van der Waals surface area contributed by atoms with E-state index in [0.29, 0.717) is 6.61 Å². The zero-order chi connectivity index (χ0) is 16.9. The molecule has 0 saturated carbocycles. The van der Waals surface area contributed by atoms with E-state index in [1.54, 1.807) is 0 Å². The first kappa shape index (κ1) is 20.6. The van der Waals surface area contributed by atoms with E-state index in [4.69, 9.17) is 14.6 Å². The average Bonchev–Trinajstić information content (AvgIpc) is 2.93.